The van der Waals surface area contributed by atoms with Crippen LogP contribution in [0.3, 0.4) is 0 Å². The van der Waals surface area contributed by atoms with Crippen LogP contribution in [0.15, 0.2) is 18.2 Å². The first-order valence-corrected chi connectivity index (χ1v) is 6.18. The van der Waals surface area contributed by atoms with E-state index in [4.69, 9.17) is 4.74 Å². The predicted molar refractivity (Wildman–Crippen MR) is 68.1 cm³/mol. The Labute approximate surface area is 107 Å². The molecule has 100 valence electrons. The third kappa shape index (κ3) is 1.89. The molecule has 0 amide bonds. The number of benzene rings is 1. The minimum atomic E-state index is -1.17. The molecule has 18 heavy (non-hydrogen) atoms. The van der Waals surface area contributed by atoms with Crippen molar-refractivity contribution in [1.29, 1.82) is 0 Å². The lowest BCUT2D eigenvalue weighted by Crippen LogP contribution is -2.54. The highest BCUT2D eigenvalue weighted by Crippen LogP contribution is 2.45. The van der Waals surface area contributed by atoms with Crippen molar-refractivity contribution < 1.29 is 14.2 Å². The van der Waals surface area contributed by atoms with Crippen molar-refractivity contribution >= 4 is 0 Å². The first-order chi connectivity index (χ1) is 8.42. The molecule has 2 N–H and O–H groups in total. The minimum absolute atomic E-state index is 0.176. The number of rotatable bonds is 2. The van der Waals surface area contributed by atoms with Crippen molar-refractivity contribution in [2.75, 3.05) is 20.2 Å². The van der Waals surface area contributed by atoms with Crippen LogP contribution in [0.2, 0.25) is 0 Å². The SMILES string of the molecule is COc1cccc(C2(O)CCNCC2(C)C)c1F. The fourth-order valence-corrected chi connectivity index (χ4v) is 2.64. The van der Waals surface area contributed by atoms with E-state index in [1.807, 2.05) is 13.8 Å². The monoisotopic (exact) mass is 253 g/mol. The van der Waals surface area contributed by atoms with Gasteiger partial charge in [0, 0.05) is 17.5 Å². The first kappa shape index (κ1) is 13.3. The molecule has 4 heteroatoms. The molecule has 0 radical (unpaired) electrons. The fraction of sp³-hybridized carbons (Fsp3) is 0.571. The van der Waals surface area contributed by atoms with Gasteiger partial charge in [-0.05, 0) is 19.0 Å². The van der Waals surface area contributed by atoms with E-state index in [1.165, 1.54) is 7.11 Å². The van der Waals surface area contributed by atoms with Gasteiger partial charge in [-0.25, -0.2) is 4.39 Å². The molecule has 1 atom stereocenters. The molecule has 1 aromatic carbocycles. The Kier molecular flexibility index (Phi) is 3.34. The highest BCUT2D eigenvalue weighted by atomic mass is 19.1. The second-order valence-corrected chi connectivity index (χ2v) is 5.49. The highest BCUT2D eigenvalue weighted by Gasteiger charge is 2.48. The smallest absolute Gasteiger partial charge is 0.171 e. The number of methoxy groups -OCH3 is 1. The quantitative estimate of drug-likeness (QED) is 0.847. The Morgan fingerprint density at radius 1 is 1.39 bits per heavy atom. The van der Waals surface area contributed by atoms with Crippen LogP contribution >= 0.6 is 0 Å². The summed E-state index contributed by atoms with van der Waals surface area (Å²) in [6, 6.07) is 4.93. The van der Waals surface area contributed by atoms with Crippen LogP contribution in [-0.2, 0) is 5.60 Å². The van der Waals surface area contributed by atoms with E-state index in [9.17, 15) is 9.50 Å². The molecule has 1 heterocycles. The second-order valence-electron chi connectivity index (χ2n) is 5.49. The average Bonchev–Trinajstić information content (AvgIpc) is 2.33. The van der Waals surface area contributed by atoms with Gasteiger partial charge >= 0.3 is 0 Å². The van der Waals surface area contributed by atoms with Gasteiger partial charge in [0.05, 0.1) is 7.11 Å². The van der Waals surface area contributed by atoms with Gasteiger partial charge in [0.1, 0.15) is 5.60 Å². The molecule has 0 aliphatic carbocycles. The summed E-state index contributed by atoms with van der Waals surface area (Å²) in [7, 11) is 1.43. The van der Waals surface area contributed by atoms with Crippen LogP contribution in [0.4, 0.5) is 4.39 Å². The lowest BCUT2D eigenvalue weighted by atomic mass is 9.67. The molecule has 0 bridgehead atoms. The van der Waals surface area contributed by atoms with Gasteiger partial charge in [0.2, 0.25) is 0 Å². The number of hydrogen-bond donors (Lipinski definition) is 2. The molecule has 1 saturated heterocycles. The van der Waals surface area contributed by atoms with Crippen molar-refractivity contribution in [2.24, 2.45) is 5.41 Å². The maximum absolute atomic E-state index is 14.3. The molecule has 3 nitrogen and oxygen atoms in total. The minimum Gasteiger partial charge on any atom is -0.494 e. The highest BCUT2D eigenvalue weighted by molar-refractivity contribution is 5.36. The van der Waals surface area contributed by atoms with E-state index in [2.05, 4.69) is 5.32 Å². The van der Waals surface area contributed by atoms with E-state index >= 15 is 0 Å². The maximum Gasteiger partial charge on any atom is 0.171 e. The molecule has 1 aromatic rings. The normalized spacial score (nSPS) is 26.9. The van der Waals surface area contributed by atoms with Gasteiger partial charge in [0.25, 0.3) is 0 Å². The van der Waals surface area contributed by atoms with Gasteiger partial charge in [-0.15, -0.1) is 0 Å². The van der Waals surface area contributed by atoms with Gasteiger partial charge in [-0.2, -0.15) is 0 Å². The van der Waals surface area contributed by atoms with Crippen molar-refractivity contribution in [3.8, 4) is 5.75 Å². The maximum atomic E-state index is 14.3. The zero-order valence-electron chi connectivity index (χ0n) is 11.1. The Balaban J connectivity index is 2.52. The summed E-state index contributed by atoms with van der Waals surface area (Å²) in [6.07, 6.45) is 0.490. The number of aliphatic hydroxyl groups is 1. The Bertz CT molecular complexity index is 447. The lowest BCUT2D eigenvalue weighted by molar-refractivity contribution is -0.0969. The van der Waals surface area contributed by atoms with Crippen LogP contribution in [0.25, 0.3) is 0 Å². The molecule has 0 saturated carbocycles. The topological polar surface area (TPSA) is 41.5 Å². The van der Waals surface area contributed by atoms with Crippen molar-refractivity contribution in [3.63, 3.8) is 0 Å². The van der Waals surface area contributed by atoms with Crippen LogP contribution < -0.4 is 10.1 Å². The van der Waals surface area contributed by atoms with Gasteiger partial charge in [-0.3, -0.25) is 0 Å². The largest absolute Gasteiger partial charge is 0.494 e. The molecule has 0 spiro atoms. The average molecular weight is 253 g/mol. The van der Waals surface area contributed by atoms with Crippen LogP contribution in [-0.4, -0.2) is 25.3 Å². The summed E-state index contributed by atoms with van der Waals surface area (Å²) in [5.41, 5.74) is -1.27. The molecule has 0 aromatic heterocycles. The van der Waals surface area contributed by atoms with Gasteiger partial charge in [0.15, 0.2) is 11.6 Å². The summed E-state index contributed by atoms with van der Waals surface area (Å²) in [5, 5.41) is 14.2. The van der Waals surface area contributed by atoms with Crippen molar-refractivity contribution in [3.05, 3.63) is 29.6 Å². The Morgan fingerprint density at radius 3 is 2.72 bits per heavy atom. The van der Waals surface area contributed by atoms with Gasteiger partial charge < -0.3 is 15.2 Å². The summed E-state index contributed by atoms with van der Waals surface area (Å²) in [6.45, 7) is 5.22. The van der Waals surface area contributed by atoms with E-state index in [0.717, 1.165) is 0 Å². The first-order valence-electron chi connectivity index (χ1n) is 6.18. The number of hydrogen-bond acceptors (Lipinski definition) is 3. The second kappa shape index (κ2) is 4.52. The fourth-order valence-electron chi connectivity index (χ4n) is 2.64. The van der Waals surface area contributed by atoms with Crippen molar-refractivity contribution in [1.82, 2.24) is 5.32 Å². The summed E-state index contributed by atoms with van der Waals surface area (Å²) in [5.74, 6) is -0.285. The summed E-state index contributed by atoms with van der Waals surface area (Å²) in [4.78, 5) is 0. The number of halogens is 1. The van der Waals surface area contributed by atoms with E-state index < -0.39 is 16.8 Å². The number of nitrogens with one attached hydrogen (secondary N) is 1. The molecule has 1 fully saturated rings. The molecule has 1 aliphatic heterocycles. The van der Waals surface area contributed by atoms with Crippen LogP contribution in [0, 0.1) is 11.2 Å². The molecular weight excluding hydrogens is 233 g/mol. The van der Waals surface area contributed by atoms with Crippen molar-refractivity contribution in [2.45, 2.75) is 25.9 Å². The molecular formula is C14H20FNO2. The van der Waals surface area contributed by atoms with Gasteiger partial charge in [-0.1, -0.05) is 26.0 Å². The van der Waals surface area contributed by atoms with E-state index in [-0.39, 0.29) is 5.75 Å². The standard InChI is InChI=1S/C14H20FNO2/c1-13(2)9-16-8-7-14(13,17)10-5-4-6-11(18-3)12(10)15/h4-6,16-17H,7-9H2,1-3H3. The number of piperidine rings is 1. The molecule has 1 aliphatic rings. The van der Waals surface area contributed by atoms with Crippen LogP contribution in [0.5, 0.6) is 5.75 Å². The third-order valence-corrected chi connectivity index (χ3v) is 3.98. The summed E-state index contributed by atoms with van der Waals surface area (Å²) >= 11 is 0. The molecule has 2 rings (SSSR count). The zero-order chi connectivity index (χ0) is 13.4. The number of ether oxygens (including phenoxy) is 1. The Morgan fingerprint density at radius 2 is 2.11 bits per heavy atom. The third-order valence-electron chi connectivity index (χ3n) is 3.98. The van der Waals surface area contributed by atoms with Crippen LogP contribution in [0.1, 0.15) is 25.8 Å². The summed E-state index contributed by atoms with van der Waals surface area (Å²) < 4.78 is 19.3. The molecule has 1 unspecified atom stereocenters. The Hall–Kier alpha value is -1.13. The van der Waals surface area contributed by atoms with E-state index in [0.29, 0.717) is 25.1 Å². The predicted octanol–water partition coefficient (Wildman–Crippen LogP) is 2.04. The lowest BCUT2D eigenvalue weighted by Gasteiger charge is -2.47. The van der Waals surface area contributed by atoms with E-state index in [1.54, 1.807) is 18.2 Å². The zero-order valence-corrected chi connectivity index (χ0v) is 11.1.